The number of para-hydroxylation sites is 1. The van der Waals surface area contributed by atoms with E-state index < -0.39 is 11.7 Å². The van der Waals surface area contributed by atoms with E-state index in [0.717, 1.165) is 12.1 Å². The van der Waals surface area contributed by atoms with Crippen molar-refractivity contribution in [3.63, 3.8) is 0 Å². The molecule has 0 spiro atoms. The van der Waals surface area contributed by atoms with Crippen molar-refractivity contribution in [2.75, 3.05) is 0 Å². The molecular formula is C15H10F3N3O. The molecule has 0 unspecified atom stereocenters. The molecule has 0 bridgehead atoms. The van der Waals surface area contributed by atoms with Gasteiger partial charge in [0.1, 0.15) is 5.75 Å². The van der Waals surface area contributed by atoms with Crippen molar-refractivity contribution < 1.29 is 18.3 Å². The molecule has 112 valence electrons. The number of aromatic nitrogens is 3. The Hall–Kier alpha value is -2.83. The minimum Gasteiger partial charge on any atom is -0.507 e. The number of aromatic hydroxyl groups is 1. The highest BCUT2D eigenvalue weighted by Crippen LogP contribution is 2.32. The smallest absolute Gasteiger partial charge is 0.416 e. The first kappa shape index (κ1) is 14.1. The van der Waals surface area contributed by atoms with Crippen LogP contribution >= 0.6 is 0 Å². The molecule has 7 heteroatoms. The Labute approximate surface area is 123 Å². The summed E-state index contributed by atoms with van der Waals surface area (Å²) in [6.07, 6.45) is -4.42. The van der Waals surface area contributed by atoms with Crippen molar-refractivity contribution in [3.05, 3.63) is 54.1 Å². The Morgan fingerprint density at radius 3 is 2.50 bits per heavy atom. The van der Waals surface area contributed by atoms with Gasteiger partial charge in [-0.2, -0.15) is 18.3 Å². The van der Waals surface area contributed by atoms with Gasteiger partial charge in [-0.25, -0.2) is 4.98 Å². The summed E-state index contributed by atoms with van der Waals surface area (Å²) >= 11 is 0. The predicted octanol–water partition coefficient (Wildman–Crippen LogP) is 3.86. The Bertz CT molecular complexity index is 812. The highest BCUT2D eigenvalue weighted by Gasteiger charge is 2.30. The number of benzene rings is 2. The van der Waals surface area contributed by atoms with E-state index in [1.165, 1.54) is 18.2 Å². The zero-order valence-electron chi connectivity index (χ0n) is 11.1. The molecule has 0 radical (unpaired) electrons. The van der Waals surface area contributed by atoms with Crippen LogP contribution in [0.2, 0.25) is 0 Å². The van der Waals surface area contributed by atoms with Gasteiger partial charge in [0.05, 0.1) is 11.1 Å². The summed E-state index contributed by atoms with van der Waals surface area (Å²) in [6, 6.07) is 11.2. The first-order chi connectivity index (χ1) is 10.4. The number of alkyl halides is 3. The fraction of sp³-hybridized carbons (Fsp3) is 0.0667. The van der Waals surface area contributed by atoms with Crippen LogP contribution in [0.25, 0.3) is 22.8 Å². The minimum atomic E-state index is -4.42. The number of nitrogens with one attached hydrogen (secondary N) is 1. The number of phenolic OH excluding ortho intramolecular Hbond substituents is 1. The Balaban J connectivity index is 2.00. The van der Waals surface area contributed by atoms with E-state index in [0.29, 0.717) is 5.56 Å². The van der Waals surface area contributed by atoms with Crippen LogP contribution in [0.5, 0.6) is 5.75 Å². The zero-order valence-corrected chi connectivity index (χ0v) is 11.1. The normalized spacial score (nSPS) is 11.6. The van der Waals surface area contributed by atoms with E-state index in [1.807, 2.05) is 0 Å². The number of rotatable bonds is 2. The molecule has 3 rings (SSSR count). The molecule has 0 aliphatic rings. The third-order valence-electron chi connectivity index (χ3n) is 3.09. The van der Waals surface area contributed by atoms with Crippen LogP contribution in [0.3, 0.4) is 0 Å². The van der Waals surface area contributed by atoms with Crippen LogP contribution in [0.4, 0.5) is 13.2 Å². The average Bonchev–Trinajstić information content (AvgIpc) is 2.97. The van der Waals surface area contributed by atoms with Crippen LogP contribution < -0.4 is 0 Å². The SMILES string of the molecule is Oc1ccccc1-c1nc(-c2cccc(C(F)(F)F)c2)n[nH]1. The van der Waals surface area contributed by atoms with Gasteiger partial charge in [0.2, 0.25) is 0 Å². The number of nitrogens with zero attached hydrogens (tertiary/aromatic N) is 2. The second kappa shape index (κ2) is 5.18. The second-order valence-corrected chi connectivity index (χ2v) is 4.60. The summed E-state index contributed by atoms with van der Waals surface area (Å²) in [6.45, 7) is 0. The molecule has 0 atom stereocenters. The summed E-state index contributed by atoms with van der Waals surface area (Å²) in [7, 11) is 0. The topological polar surface area (TPSA) is 61.8 Å². The van der Waals surface area contributed by atoms with E-state index in [-0.39, 0.29) is 23.0 Å². The molecule has 3 aromatic rings. The molecule has 0 fully saturated rings. The maximum absolute atomic E-state index is 12.7. The zero-order chi connectivity index (χ0) is 15.7. The Kier molecular flexibility index (Phi) is 3.32. The quantitative estimate of drug-likeness (QED) is 0.755. The van der Waals surface area contributed by atoms with Crippen molar-refractivity contribution in [2.45, 2.75) is 6.18 Å². The molecule has 0 aliphatic heterocycles. The molecule has 0 saturated heterocycles. The predicted molar refractivity (Wildman–Crippen MR) is 73.9 cm³/mol. The average molecular weight is 305 g/mol. The lowest BCUT2D eigenvalue weighted by atomic mass is 10.1. The van der Waals surface area contributed by atoms with Gasteiger partial charge in [-0.15, -0.1) is 0 Å². The van der Waals surface area contributed by atoms with E-state index in [2.05, 4.69) is 15.2 Å². The molecule has 4 nitrogen and oxygen atoms in total. The third kappa shape index (κ3) is 2.65. The molecule has 0 saturated carbocycles. The number of hydrogen-bond acceptors (Lipinski definition) is 3. The number of aromatic amines is 1. The summed E-state index contributed by atoms with van der Waals surface area (Å²) < 4.78 is 38.2. The fourth-order valence-electron chi connectivity index (χ4n) is 2.02. The van der Waals surface area contributed by atoms with Crippen LogP contribution in [0, 0.1) is 0 Å². The van der Waals surface area contributed by atoms with E-state index >= 15 is 0 Å². The number of phenols is 1. The minimum absolute atomic E-state index is 0.00856. The van der Waals surface area contributed by atoms with E-state index in [9.17, 15) is 18.3 Å². The molecule has 22 heavy (non-hydrogen) atoms. The number of hydrogen-bond donors (Lipinski definition) is 2. The van der Waals surface area contributed by atoms with Gasteiger partial charge in [0, 0.05) is 5.56 Å². The van der Waals surface area contributed by atoms with Crippen molar-refractivity contribution >= 4 is 0 Å². The van der Waals surface area contributed by atoms with Gasteiger partial charge in [-0.3, -0.25) is 5.10 Å². The first-order valence-electron chi connectivity index (χ1n) is 6.33. The van der Waals surface area contributed by atoms with Gasteiger partial charge < -0.3 is 5.11 Å². The molecular weight excluding hydrogens is 295 g/mol. The standard InChI is InChI=1S/C15H10F3N3O/c16-15(17,18)10-5-3-4-9(8-10)13-19-14(21-20-13)11-6-1-2-7-12(11)22/h1-8,22H,(H,19,20,21). The van der Waals surface area contributed by atoms with Gasteiger partial charge >= 0.3 is 6.18 Å². The van der Waals surface area contributed by atoms with Crippen LogP contribution in [0.15, 0.2) is 48.5 Å². The maximum Gasteiger partial charge on any atom is 0.416 e. The lowest BCUT2D eigenvalue weighted by Gasteiger charge is -2.06. The van der Waals surface area contributed by atoms with Crippen molar-refractivity contribution in [3.8, 4) is 28.5 Å². The summed E-state index contributed by atoms with van der Waals surface area (Å²) in [5, 5.41) is 16.3. The van der Waals surface area contributed by atoms with Gasteiger partial charge in [-0.05, 0) is 24.3 Å². The third-order valence-corrected chi connectivity index (χ3v) is 3.09. The van der Waals surface area contributed by atoms with Crippen LogP contribution in [-0.2, 0) is 6.18 Å². The molecule has 2 N–H and O–H groups in total. The lowest BCUT2D eigenvalue weighted by Crippen LogP contribution is -2.04. The van der Waals surface area contributed by atoms with Crippen molar-refractivity contribution in [2.24, 2.45) is 0 Å². The van der Waals surface area contributed by atoms with Crippen molar-refractivity contribution in [1.82, 2.24) is 15.2 Å². The molecule has 0 amide bonds. The van der Waals surface area contributed by atoms with Gasteiger partial charge in [0.15, 0.2) is 11.6 Å². The molecule has 1 aromatic heterocycles. The number of H-pyrrole nitrogens is 1. The monoisotopic (exact) mass is 305 g/mol. The van der Waals surface area contributed by atoms with E-state index in [1.54, 1.807) is 18.2 Å². The second-order valence-electron chi connectivity index (χ2n) is 4.60. The molecule has 2 aromatic carbocycles. The highest BCUT2D eigenvalue weighted by molar-refractivity contribution is 5.66. The molecule has 1 heterocycles. The van der Waals surface area contributed by atoms with Crippen molar-refractivity contribution in [1.29, 1.82) is 0 Å². The summed E-state index contributed by atoms with van der Waals surface area (Å²) in [4.78, 5) is 4.14. The number of halogens is 3. The highest BCUT2D eigenvalue weighted by atomic mass is 19.4. The summed E-state index contributed by atoms with van der Waals surface area (Å²) in [5.74, 6) is 0.420. The largest absolute Gasteiger partial charge is 0.507 e. The molecule has 0 aliphatic carbocycles. The van der Waals surface area contributed by atoms with E-state index in [4.69, 9.17) is 0 Å². The lowest BCUT2D eigenvalue weighted by molar-refractivity contribution is -0.137. The van der Waals surface area contributed by atoms with Gasteiger partial charge in [-0.1, -0.05) is 24.3 Å². The summed E-state index contributed by atoms with van der Waals surface area (Å²) in [5.41, 5.74) is -0.0973. The Morgan fingerprint density at radius 1 is 1.00 bits per heavy atom. The van der Waals surface area contributed by atoms with Crippen LogP contribution in [-0.4, -0.2) is 20.3 Å². The van der Waals surface area contributed by atoms with Gasteiger partial charge in [0.25, 0.3) is 0 Å². The Morgan fingerprint density at radius 2 is 1.77 bits per heavy atom. The first-order valence-corrected chi connectivity index (χ1v) is 6.33. The maximum atomic E-state index is 12.7. The fourth-order valence-corrected chi connectivity index (χ4v) is 2.02. The van der Waals surface area contributed by atoms with Crippen LogP contribution in [0.1, 0.15) is 5.56 Å².